The predicted octanol–water partition coefficient (Wildman–Crippen LogP) is 3.27. The standard InChI is InChI=1S/C13H18F4N2O2S/c1-8(19-22(20)12(2,3)4)11-10(14)5-9(6-18-11)21-7-13(15,16)17/h5-6,8,19H,7H2,1-4H3/t8-,22-/m1/s1. The van der Waals surface area contributed by atoms with Crippen LogP contribution in [0.5, 0.6) is 5.75 Å². The molecular weight excluding hydrogens is 324 g/mol. The SMILES string of the molecule is C[C@@H](N[S@](=O)C(C)(C)C)c1ncc(OCC(F)(F)F)cc1F. The molecule has 0 aliphatic heterocycles. The molecule has 0 aromatic carbocycles. The van der Waals surface area contributed by atoms with Crippen LogP contribution in [-0.4, -0.2) is 26.7 Å². The molecule has 0 saturated carbocycles. The second kappa shape index (κ2) is 6.91. The van der Waals surface area contributed by atoms with Gasteiger partial charge in [-0.3, -0.25) is 4.98 Å². The van der Waals surface area contributed by atoms with Crippen LogP contribution in [0.3, 0.4) is 0 Å². The van der Waals surface area contributed by atoms with Gasteiger partial charge in [-0.25, -0.2) is 13.3 Å². The first-order chi connectivity index (χ1) is 9.90. The predicted molar refractivity (Wildman–Crippen MR) is 75.2 cm³/mol. The summed E-state index contributed by atoms with van der Waals surface area (Å²) >= 11 is 0. The van der Waals surface area contributed by atoms with Gasteiger partial charge in [0, 0.05) is 6.07 Å². The number of aromatic nitrogens is 1. The Labute approximate surface area is 128 Å². The number of rotatable bonds is 5. The van der Waals surface area contributed by atoms with Crippen molar-refractivity contribution < 1.29 is 26.5 Å². The first-order valence-electron chi connectivity index (χ1n) is 6.43. The number of hydrogen-bond donors (Lipinski definition) is 1. The Balaban J connectivity index is 2.79. The lowest BCUT2D eigenvalue weighted by molar-refractivity contribution is -0.153. The second-order valence-corrected chi connectivity index (χ2v) is 7.66. The van der Waals surface area contributed by atoms with Gasteiger partial charge in [-0.1, -0.05) is 0 Å². The van der Waals surface area contributed by atoms with Crippen molar-refractivity contribution in [1.29, 1.82) is 0 Å². The average molecular weight is 342 g/mol. The van der Waals surface area contributed by atoms with E-state index in [0.29, 0.717) is 0 Å². The molecule has 4 nitrogen and oxygen atoms in total. The highest BCUT2D eigenvalue weighted by molar-refractivity contribution is 7.84. The fourth-order valence-corrected chi connectivity index (χ4v) is 2.17. The summed E-state index contributed by atoms with van der Waals surface area (Å²) < 4.78 is 68.5. The highest BCUT2D eigenvalue weighted by Gasteiger charge is 2.29. The molecule has 0 unspecified atom stereocenters. The molecule has 126 valence electrons. The van der Waals surface area contributed by atoms with Crippen LogP contribution < -0.4 is 9.46 Å². The summed E-state index contributed by atoms with van der Waals surface area (Å²) in [7, 11) is -1.43. The number of hydrogen-bond acceptors (Lipinski definition) is 3. The Morgan fingerprint density at radius 3 is 2.41 bits per heavy atom. The van der Waals surface area contributed by atoms with Gasteiger partial charge in [0.25, 0.3) is 0 Å². The molecule has 0 saturated heterocycles. The lowest BCUT2D eigenvalue weighted by Gasteiger charge is -2.22. The summed E-state index contributed by atoms with van der Waals surface area (Å²) in [6, 6.07) is 0.156. The van der Waals surface area contributed by atoms with E-state index in [-0.39, 0.29) is 11.4 Å². The van der Waals surface area contributed by atoms with Crippen molar-refractivity contribution in [2.24, 2.45) is 0 Å². The van der Waals surface area contributed by atoms with Gasteiger partial charge in [-0.15, -0.1) is 0 Å². The number of nitrogens with one attached hydrogen (secondary N) is 1. The van der Waals surface area contributed by atoms with E-state index >= 15 is 0 Å². The van der Waals surface area contributed by atoms with Gasteiger partial charge in [-0.2, -0.15) is 13.2 Å². The van der Waals surface area contributed by atoms with Crippen molar-refractivity contribution in [3.8, 4) is 5.75 Å². The summed E-state index contributed by atoms with van der Waals surface area (Å²) in [6.45, 7) is 5.29. The zero-order valence-electron chi connectivity index (χ0n) is 12.6. The highest BCUT2D eigenvalue weighted by Crippen LogP contribution is 2.23. The number of alkyl halides is 3. The Morgan fingerprint density at radius 2 is 1.95 bits per heavy atom. The second-order valence-electron chi connectivity index (χ2n) is 5.66. The lowest BCUT2D eigenvalue weighted by atomic mass is 10.2. The molecule has 2 atom stereocenters. The van der Waals surface area contributed by atoms with Gasteiger partial charge in [0.2, 0.25) is 0 Å². The topological polar surface area (TPSA) is 51.2 Å². The quantitative estimate of drug-likeness (QED) is 0.836. The van der Waals surface area contributed by atoms with Gasteiger partial charge >= 0.3 is 6.18 Å². The van der Waals surface area contributed by atoms with E-state index in [9.17, 15) is 21.8 Å². The van der Waals surface area contributed by atoms with Crippen LogP contribution in [0.1, 0.15) is 39.4 Å². The molecule has 0 radical (unpaired) electrons. The normalized spacial score (nSPS) is 15.5. The van der Waals surface area contributed by atoms with Crippen LogP contribution in [0.15, 0.2) is 12.3 Å². The first kappa shape index (κ1) is 18.8. The van der Waals surface area contributed by atoms with Crippen molar-refractivity contribution in [1.82, 2.24) is 9.71 Å². The fourth-order valence-electron chi connectivity index (χ4n) is 1.39. The summed E-state index contributed by atoms with van der Waals surface area (Å²) in [4.78, 5) is 3.75. The molecule has 22 heavy (non-hydrogen) atoms. The van der Waals surface area contributed by atoms with E-state index in [1.165, 1.54) is 0 Å². The molecule has 0 fully saturated rings. The van der Waals surface area contributed by atoms with Crippen molar-refractivity contribution in [3.63, 3.8) is 0 Å². The third-order valence-electron chi connectivity index (χ3n) is 2.50. The summed E-state index contributed by atoms with van der Waals surface area (Å²) in [6.07, 6.45) is -3.50. The van der Waals surface area contributed by atoms with Gasteiger partial charge in [0.1, 0.15) is 11.6 Å². The number of nitrogens with zero attached hydrogens (tertiary/aromatic N) is 1. The maximum Gasteiger partial charge on any atom is 0.422 e. The van der Waals surface area contributed by atoms with E-state index in [4.69, 9.17) is 0 Å². The lowest BCUT2D eigenvalue weighted by Crippen LogP contribution is -2.35. The van der Waals surface area contributed by atoms with Gasteiger partial charge < -0.3 is 4.74 Å². The number of ether oxygens (including phenoxy) is 1. The van der Waals surface area contributed by atoms with E-state index in [0.717, 1.165) is 12.3 Å². The molecule has 0 aliphatic rings. The van der Waals surface area contributed by atoms with Crippen molar-refractivity contribution >= 4 is 11.0 Å². The van der Waals surface area contributed by atoms with Crippen LogP contribution in [-0.2, 0) is 11.0 Å². The van der Waals surface area contributed by atoms with Crippen LogP contribution in [0.25, 0.3) is 0 Å². The minimum Gasteiger partial charge on any atom is -0.482 e. The maximum atomic E-state index is 13.9. The molecule has 9 heteroatoms. The molecule has 1 aromatic heterocycles. The molecule has 0 bridgehead atoms. The molecule has 1 rings (SSSR count). The smallest absolute Gasteiger partial charge is 0.422 e. The van der Waals surface area contributed by atoms with Gasteiger partial charge in [-0.05, 0) is 27.7 Å². The minimum atomic E-state index is -4.51. The van der Waals surface area contributed by atoms with Crippen molar-refractivity contribution in [2.45, 2.75) is 44.7 Å². The zero-order valence-corrected chi connectivity index (χ0v) is 13.4. The average Bonchev–Trinajstić information content (AvgIpc) is 2.34. The zero-order chi connectivity index (χ0) is 17.1. The van der Waals surface area contributed by atoms with E-state index in [1.54, 1.807) is 27.7 Å². The third-order valence-corrected chi connectivity index (χ3v) is 4.18. The molecular formula is C13H18F4N2O2S. The number of halogens is 4. The summed E-state index contributed by atoms with van der Waals surface area (Å²) in [5.41, 5.74) is -0.0445. The largest absolute Gasteiger partial charge is 0.482 e. The Morgan fingerprint density at radius 1 is 1.36 bits per heavy atom. The Hall–Kier alpha value is -1.22. The third kappa shape index (κ3) is 5.88. The maximum absolute atomic E-state index is 13.9. The van der Waals surface area contributed by atoms with Gasteiger partial charge in [0.15, 0.2) is 6.61 Å². The van der Waals surface area contributed by atoms with E-state index in [2.05, 4.69) is 14.4 Å². The van der Waals surface area contributed by atoms with Crippen LogP contribution in [0.4, 0.5) is 17.6 Å². The summed E-state index contributed by atoms with van der Waals surface area (Å²) in [5, 5.41) is 0. The van der Waals surface area contributed by atoms with Crippen molar-refractivity contribution in [2.75, 3.05) is 6.61 Å². The fraction of sp³-hybridized carbons (Fsp3) is 0.615. The minimum absolute atomic E-state index is 0.0445. The molecule has 0 spiro atoms. The van der Waals surface area contributed by atoms with Gasteiger partial charge in [0.05, 0.1) is 33.7 Å². The Bertz CT molecular complexity index is 544. The monoisotopic (exact) mass is 342 g/mol. The van der Waals surface area contributed by atoms with Crippen LogP contribution in [0, 0.1) is 5.82 Å². The molecule has 0 aliphatic carbocycles. The van der Waals surface area contributed by atoms with E-state index < -0.39 is 40.4 Å². The van der Waals surface area contributed by atoms with E-state index in [1.807, 2.05) is 0 Å². The molecule has 0 amide bonds. The summed E-state index contributed by atoms with van der Waals surface area (Å²) in [5.74, 6) is -1.15. The van der Waals surface area contributed by atoms with Crippen molar-refractivity contribution in [3.05, 3.63) is 23.8 Å². The van der Waals surface area contributed by atoms with Crippen LogP contribution >= 0.6 is 0 Å². The molecule has 1 N–H and O–H groups in total. The first-order valence-corrected chi connectivity index (χ1v) is 7.58. The number of pyridine rings is 1. The van der Waals surface area contributed by atoms with Crippen LogP contribution in [0.2, 0.25) is 0 Å². The molecule has 1 heterocycles. The highest BCUT2D eigenvalue weighted by atomic mass is 32.2. The molecule has 1 aromatic rings. The Kier molecular flexibility index (Phi) is 5.91.